The number of hydrogen-bond donors (Lipinski definition) is 2. The lowest BCUT2D eigenvalue weighted by atomic mass is 10.2. The van der Waals surface area contributed by atoms with E-state index < -0.39 is 11.2 Å². The molecule has 0 saturated heterocycles. The van der Waals surface area contributed by atoms with Gasteiger partial charge in [-0.25, -0.2) is 14.8 Å². The molecular weight excluding hydrogens is 396 g/mol. The zero-order valence-corrected chi connectivity index (χ0v) is 18.5. The number of aryl methyl sites for hydroxylation is 1. The summed E-state index contributed by atoms with van der Waals surface area (Å²) in [6.45, 7) is 7.66. The molecule has 2 aromatic heterocycles. The largest absolute Gasteiger partial charge is 0.385 e. The normalized spacial score (nSPS) is 11.4. The second kappa shape index (κ2) is 9.74. The van der Waals surface area contributed by atoms with Crippen molar-refractivity contribution in [1.82, 2.24) is 19.5 Å². The van der Waals surface area contributed by atoms with Gasteiger partial charge in [-0.1, -0.05) is 26.0 Å². The number of benzene rings is 1. The molecule has 0 bridgehead atoms. The molecule has 0 aliphatic heterocycles. The number of fused-ring (bicyclic) bond motifs is 1. The lowest BCUT2D eigenvalue weighted by molar-refractivity contribution is 0.196. The standard InChI is InChI=1S/C22H30N6O3/c1-14(2)12-28-20(23)19(21(29)26-22(28)30)27(10-7-11-31-4)13-18-15(3)24-16-8-5-6-9-17(16)25-18/h5-6,8-9,14H,7,10-13,23H2,1-4H3,(H,26,29,30). The predicted octanol–water partition coefficient (Wildman–Crippen LogP) is 2.07. The molecule has 3 rings (SSSR count). The first-order valence-corrected chi connectivity index (χ1v) is 10.4. The van der Waals surface area contributed by atoms with Crippen molar-refractivity contribution in [3.05, 3.63) is 56.5 Å². The van der Waals surface area contributed by atoms with Crippen molar-refractivity contribution < 1.29 is 4.74 Å². The van der Waals surface area contributed by atoms with Gasteiger partial charge in [-0.15, -0.1) is 0 Å². The van der Waals surface area contributed by atoms with Crippen LogP contribution in [0.3, 0.4) is 0 Å². The van der Waals surface area contributed by atoms with Crippen molar-refractivity contribution in [3.8, 4) is 0 Å². The maximum absolute atomic E-state index is 12.8. The molecule has 0 aliphatic carbocycles. The van der Waals surface area contributed by atoms with Crippen molar-refractivity contribution in [2.24, 2.45) is 5.92 Å². The van der Waals surface area contributed by atoms with Gasteiger partial charge in [0.15, 0.2) is 0 Å². The van der Waals surface area contributed by atoms with Gasteiger partial charge in [-0.05, 0) is 31.4 Å². The first-order valence-electron chi connectivity index (χ1n) is 10.4. The third kappa shape index (κ3) is 5.11. The van der Waals surface area contributed by atoms with Crippen LogP contribution in [0.25, 0.3) is 11.0 Å². The summed E-state index contributed by atoms with van der Waals surface area (Å²) in [6.07, 6.45) is 0.679. The number of para-hydroxylation sites is 2. The summed E-state index contributed by atoms with van der Waals surface area (Å²) in [5, 5.41) is 0. The van der Waals surface area contributed by atoms with E-state index in [0.29, 0.717) is 32.7 Å². The van der Waals surface area contributed by atoms with Gasteiger partial charge in [-0.3, -0.25) is 14.3 Å². The highest BCUT2D eigenvalue weighted by atomic mass is 16.5. The van der Waals surface area contributed by atoms with Crippen LogP contribution in [-0.4, -0.2) is 39.8 Å². The Morgan fingerprint density at radius 3 is 2.52 bits per heavy atom. The number of aromatic amines is 1. The molecule has 0 radical (unpaired) electrons. The minimum Gasteiger partial charge on any atom is -0.385 e. The van der Waals surface area contributed by atoms with E-state index in [2.05, 4.69) is 9.97 Å². The van der Waals surface area contributed by atoms with Gasteiger partial charge in [0.2, 0.25) is 0 Å². The Balaban J connectivity index is 2.07. The smallest absolute Gasteiger partial charge is 0.330 e. The first-order chi connectivity index (χ1) is 14.8. The number of nitrogens with one attached hydrogen (secondary N) is 1. The Morgan fingerprint density at radius 2 is 1.87 bits per heavy atom. The fourth-order valence-corrected chi connectivity index (χ4v) is 3.55. The lowest BCUT2D eigenvalue weighted by Gasteiger charge is -2.26. The van der Waals surface area contributed by atoms with E-state index in [-0.39, 0.29) is 17.4 Å². The molecule has 3 aromatic rings. The number of nitrogens with two attached hydrogens (primary N) is 1. The Bertz CT molecular complexity index is 1170. The molecule has 0 atom stereocenters. The molecular formula is C22H30N6O3. The predicted molar refractivity (Wildman–Crippen MR) is 122 cm³/mol. The van der Waals surface area contributed by atoms with Crippen molar-refractivity contribution >= 4 is 22.5 Å². The average Bonchev–Trinajstić information content (AvgIpc) is 2.71. The van der Waals surface area contributed by atoms with E-state index in [0.717, 1.165) is 22.4 Å². The summed E-state index contributed by atoms with van der Waals surface area (Å²) in [6, 6.07) is 7.66. The summed E-state index contributed by atoms with van der Waals surface area (Å²) in [5.74, 6) is 0.348. The molecule has 0 fully saturated rings. The SMILES string of the molecule is COCCCN(Cc1nc2ccccc2nc1C)c1c(N)n(CC(C)C)c(=O)[nH]c1=O. The molecule has 1 aromatic carbocycles. The second-order valence-corrected chi connectivity index (χ2v) is 8.01. The van der Waals surface area contributed by atoms with Gasteiger partial charge in [0, 0.05) is 26.8 Å². The Labute approximate surface area is 180 Å². The number of H-pyrrole nitrogens is 1. The molecule has 9 heteroatoms. The summed E-state index contributed by atoms with van der Waals surface area (Å²) < 4.78 is 6.61. The van der Waals surface area contributed by atoms with Crippen molar-refractivity contribution in [2.45, 2.75) is 40.3 Å². The lowest BCUT2D eigenvalue weighted by Crippen LogP contribution is -2.39. The summed E-state index contributed by atoms with van der Waals surface area (Å²) in [5.41, 5.74) is 8.74. The number of nitrogens with zero attached hydrogens (tertiary/aromatic N) is 4. The maximum Gasteiger partial charge on any atom is 0.330 e. The van der Waals surface area contributed by atoms with E-state index in [4.69, 9.17) is 15.5 Å². The van der Waals surface area contributed by atoms with Crippen molar-refractivity contribution in [1.29, 1.82) is 0 Å². The van der Waals surface area contributed by atoms with E-state index >= 15 is 0 Å². The Morgan fingerprint density at radius 1 is 1.19 bits per heavy atom. The number of hydrogen-bond acceptors (Lipinski definition) is 7. The van der Waals surface area contributed by atoms with Crippen LogP contribution < -0.4 is 21.9 Å². The van der Waals surface area contributed by atoms with E-state index in [1.807, 2.05) is 49.9 Å². The minimum absolute atomic E-state index is 0.159. The first kappa shape index (κ1) is 22.5. The van der Waals surface area contributed by atoms with Gasteiger partial charge < -0.3 is 15.4 Å². The molecule has 3 N–H and O–H groups in total. The monoisotopic (exact) mass is 426 g/mol. The molecule has 0 saturated carbocycles. The Hall–Kier alpha value is -3.20. The van der Waals surface area contributed by atoms with Crippen LogP contribution in [0, 0.1) is 12.8 Å². The van der Waals surface area contributed by atoms with E-state index in [9.17, 15) is 9.59 Å². The number of anilines is 2. The molecule has 0 unspecified atom stereocenters. The number of aromatic nitrogens is 4. The van der Waals surface area contributed by atoms with Crippen molar-refractivity contribution in [3.63, 3.8) is 0 Å². The number of methoxy groups -OCH3 is 1. The molecule has 2 heterocycles. The molecule has 31 heavy (non-hydrogen) atoms. The van der Waals surface area contributed by atoms with E-state index in [1.54, 1.807) is 7.11 Å². The van der Waals surface area contributed by atoms with Crippen LogP contribution in [0.5, 0.6) is 0 Å². The molecule has 166 valence electrons. The average molecular weight is 427 g/mol. The fraction of sp³-hybridized carbons (Fsp3) is 0.455. The molecule has 0 spiro atoms. The third-order valence-electron chi connectivity index (χ3n) is 5.04. The van der Waals surface area contributed by atoms with Crippen LogP contribution in [0.4, 0.5) is 11.5 Å². The fourth-order valence-electron chi connectivity index (χ4n) is 3.55. The van der Waals surface area contributed by atoms with Crippen molar-refractivity contribution in [2.75, 3.05) is 30.9 Å². The number of rotatable bonds is 9. The number of nitrogen functional groups attached to an aromatic ring is 1. The minimum atomic E-state index is -0.508. The summed E-state index contributed by atoms with van der Waals surface area (Å²) >= 11 is 0. The van der Waals surface area contributed by atoms with Crippen LogP contribution in [0.15, 0.2) is 33.9 Å². The van der Waals surface area contributed by atoms with E-state index in [1.165, 1.54) is 4.57 Å². The van der Waals surface area contributed by atoms with Crippen LogP contribution in [0.1, 0.15) is 31.7 Å². The zero-order chi connectivity index (χ0) is 22.5. The van der Waals surface area contributed by atoms with Crippen LogP contribution in [0.2, 0.25) is 0 Å². The third-order valence-corrected chi connectivity index (χ3v) is 5.04. The van der Waals surface area contributed by atoms with Crippen LogP contribution >= 0.6 is 0 Å². The number of ether oxygens (including phenoxy) is 1. The molecule has 0 aliphatic rings. The summed E-state index contributed by atoms with van der Waals surface area (Å²) in [7, 11) is 1.63. The summed E-state index contributed by atoms with van der Waals surface area (Å²) in [4.78, 5) is 38.8. The highest BCUT2D eigenvalue weighted by Gasteiger charge is 2.21. The van der Waals surface area contributed by atoms with Crippen LogP contribution in [-0.2, 0) is 17.8 Å². The van der Waals surface area contributed by atoms with Gasteiger partial charge in [-0.2, -0.15) is 0 Å². The molecule has 0 amide bonds. The highest BCUT2D eigenvalue weighted by molar-refractivity contribution is 5.74. The topological polar surface area (TPSA) is 119 Å². The quantitative estimate of drug-likeness (QED) is 0.503. The van der Waals surface area contributed by atoms with Gasteiger partial charge >= 0.3 is 5.69 Å². The molecule has 9 nitrogen and oxygen atoms in total. The Kier molecular flexibility index (Phi) is 7.06. The van der Waals surface area contributed by atoms with Gasteiger partial charge in [0.05, 0.1) is 29.0 Å². The highest BCUT2D eigenvalue weighted by Crippen LogP contribution is 2.22. The second-order valence-electron chi connectivity index (χ2n) is 8.01. The van der Waals surface area contributed by atoms with Gasteiger partial charge in [0.25, 0.3) is 5.56 Å². The maximum atomic E-state index is 12.8. The zero-order valence-electron chi connectivity index (χ0n) is 18.5. The van der Waals surface area contributed by atoms with Gasteiger partial charge in [0.1, 0.15) is 11.5 Å².